The summed E-state index contributed by atoms with van der Waals surface area (Å²) in [5.41, 5.74) is 23.2. The molecular weight excluding hydrogens is 1010 g/mol. The van der Waals surface area contributed by atoms with Crippen molar-refractivity contribution in [3.05, 3.63) is 265 Å². The van der Waals surface area contributed by atoms with Crippen LogP contribution < -0.4 is 22.8 Å². The van der Waals surface area contributed by atoms with Gasteiger partial charge in [-0.3, -0.25) is 0 Å². The minimum absolute atomic E-state index is 0.303. The van der Waals surface area contributed by atoms with Crippen molar-refractivity contribution in [1.82, 2.24) is 0 Å². The second kappa shape index (κ2) is 28.2. The summed E-state index contributed by atoms with van der Waals surface area (Å²) in [6.07, 6.45) is 5.63. The first-order valence-electron chi connectivity index (χ1n) is 38.1. The van der Waals surface area contributed by atoms with Gasteiger partial charge in [-0.15, -0.1) is 0 Å². The van der Waals surface area contributed by atoms with Crippen LogP contribution in [0.5, 0.6) is 0 Å². The molecule has 0 bridgehead atoms. The predicted molar refractivity (Wildman–Crippen MR) is 351 cm³/mol. The number of aryl methyl sites for hydroxylation is 20. The van der Waals surface area contributed by atoms with Gasteiger partial charge in [0.25, 0.3) is 0 Å². The first-order valence-corrected chi connectivity index (χ1v) is 27.6. The lowest BCUT2D eigenvalue weighted by Gasteiger charge is -2.08. The van der Waals surface area contributed by atoms with Gasteiger partial charge in [0.15, 0.2) is 30.0 Å². The third kappa shape index (κ3) is 16.3. The van der Waals surface area contributed by atoms with Crippen molar-refractivity contribution in [1.29, 1.82) is 0 Å². The molecule has 5 aromatic heterocycles. The molecule has 428 valence electrons. The molecule has 0 fully saturated rings. The molecule has 10 aromatic rings. The second-order valence-electron chi connectivity index (χ2n) is 21.8. The molecule has 0 radical (unpaired) electrons. The van der Waals surface area contributed by atoms with Gasteiger partial charge in [-0.25, -0.2) is 13.7 Å². The molecule has 0 aliphatic rings. The maximum Gasteiger partial charge on any atom is 0.215 e. The number of pyridine rings is 5. The molecule has 0 amide bonds. The third-order valence-electron chi connectivity index (χ3n) is 15.0. The van der Waals surface area contributed by atoms with E-state index in [1.807, 2.05) is 115 Å². The smallest absolute Gasteiger partial charge is 0.201 e. The number of nitrogens with zero attached hydrogens (tertiary/aromatic N) is 5. The van der Waals surface area contributed by atoms with E-state index in [-0.39, 0.29) is 0 Å². The summed E-state index contributed by atoms with van der Waals surface area (Å²) in [7, 11) is 9.63. The molecule has 0 atom stereocenters. The molecule has 83 heavy (non-hydrogen) atoms. The van der Waals surface area contributed by atoms with E-state index >= 15 is 0 Å². The summed E-state index contributed by atoms with van der Waals surface area (Å²) in [6.45, 7) is 6.69. The molecule has 10 rings (SSSR count). The molecule has 0 spiro atoms. The van der Waals surface area contributed by atoms with Crippen molar-refractivity contribution in [3.8, 4) is 56.3 Å². The standard InChI is InChI=1S/3C16H20N.2C15H18N/c1-11-6-8-15(13(3)10-11)16-9-7-12(2)14(4)17(16)5;1-11-6-7-15(13(3)8-11)16-9-12(2)14(4)10-17(16)5;1-11-6-7-15(13(3)8-11)16-10-12(2)9-14(4)17(16)5;1-11-5-6-14(13(3)9-11)15-10-12(2)7-8-16(15)4;1-11-7-8-14(13(3)10-11)15-12(2)6-5-9-16(15)4/h3*6-10H,1-5H3;2*5-10H,1-4H3/q5*+1/i1D3,2D3;1D3,4D3;3*1D3. The summed E-state index contributed by atoms with van der Waals surface area (Å²) in [5.74, 6) is 0. The first-order chi connectivity index (χ1) is 47.6. The van der Waals surface area contributed by atoms with Gasteiger partial charge in [0.2, 0.25) is 28.5 Å². The SMILES string of the molecule is [2H]C([2H])([2H])c1ccc(-c2c(C)ccc[n+]2C)c(C)c1.[2H]C([2H])([2H])c1ccc(-c2cc(C)c(C([2H])([2H])[2H])c[n+]2C)c(C)c1.[2H]C([2H])([2H])c1ccc(-c2cc(C)cc(C)[n+]2C)c(C)c1.[2H]C([2H])([2H])c1ccc(-c2cc(C)cc[n+]2C)c(C)c1.[2H]C([2H])([2H])c1ccc(-c2ccc(C([2H])([2H])[2H])c(C)[n+]2C)c(C)c1. The van der Waals surface area contributed by atoms with E-state index in [4.69, 9.17) is 28.8 Å². The highest BCUT2D eigenvalue weighted by Gasteiger charge is 2.19. The largest absolute Gasteiger partial charge is 0.215 e. The fraction of sp³-hybridized carbons (Fsp3) is 0.295. The maximum atomic E-state index is 7.58. The summed E-state index contributed by atoms with van der Waals surface area (Å²) < 4.78 is 167. The van der Waals surface area contributed by atoms with E-state index in [2.05, 4.69) is 67.2 Å². The minimum Gasteiger partial charge on any atom is -0.201 e. The van der Waals surface area contributed by atoms with Gasteiger partial charge in [0.05, 0.1) is 0 Å². The molecule has 0 saturated carbocycles. The Kier molecular flexibility index (Phi) is 13.6. The molecule has 5 heteroatoms. The average Bonchev–Trinajstić information content (AvgIpc) is 0.794. The summed E-state index contributed by atoms with van der Waals surface area (Å²) in [4.78, 5) is 0. The molecule has 5 nitrogen and oxygen atoms in total. The third-order valence-corrected chi connectivity index (χ3v) is 15.0. The Bertz CT molecular complexity index is 4670. The van der Waals surface area contributed by atoms with Crippen LogP contribution in [-0.4, -0.2) is 0 Å². The van der Waals surface area contributed by atoms with Gasteiger partial charge in [-0.2, -0.15) is 9.13 Å². The fourth-order valence-corrected chi connectivity index (χ4v) is 10.1. The minimum atomic E-state index is -2.15. The lowest BCUT2D eigenvalue weighted by molar-refractivity contribution is -0.667. The second-order valence-corrected chi connectivity index (χ2v) is 21.8. The Balaban J connectivity index is 0.000000204. The molecule has 5 aromatic carbocycles. The van der Waals surface area contributed by atoms with Crippen molar-refractivity contribution in [3.63, 3.8) is 0 Å². The topological polar surface area (TPSA) is 19.4 Å². The zero-order valence-corrected chi connectivity index (χ0v) is 51.3. The van der Waals surface area contributed by atoms with E-state index in [0.29, 0.717) is 50.2 Å². The van der Waals surface area contributed by atoms with Crippen LogP contribution in [0.15, 0.2) is 164 Å². The molecule has 0 aliphatic carbocycles. The monoisotopic (exact) mass is 1120 g/mol. The number of aromatic nitrogens is 5. The Labute approximate surface area is 530 Å². The van der Waals surface area contributed by atoms with Crippen LogP contribution in [0.1, 0.15) is 129 Å². The van der Waals surface area contributed by atoms with Crippen molar-refractivity contribution in [2.45, 2.75) is 124 Å². The van der Waals surface area contributed by atoms with Gasteiger partial charge in [0.1, 0.15) is 35.2 Å². The van der Waals surface area contributed by atoms with E-state index in [1.54, 1.807) is 117 Å². The molecular formula is C78H96N5+5. The van der Waals surface area contributed by atoms with Crippen LogP contribution in [0.3, 0.4) is 0 Å². The number of hydrogen-bond donors (Lipinski definition) is 0. The molecule has 0 saturated heterocycles. The van der Waals surface area contributed by atoms with Gasteiger partial charge in [-0.05, 0) is 197 Å². The van der Waals surface area contributed by atoms with Gasteiger partial charge < -0.3 is 0 Å². The Morgan fingerprint density at radius 1 is 0.277 bits per heavy atom. The van der Waals surface area contributed by atoms with Gasteiger partial charge in [0, 0.05) is 130 Å². The lowest BCUT2D eigenvalue weighted by Crippen LogP contribution is -2.35. The summed E-state index contributed by atoms with van der Waals surface area (Å²) in [6, 6.07) is 43.9. The predicted octanol–water partition coefficient (Wildman–Crippen LogP) is 16.4. The van der Waals surface area contributed by atoms with Gasteiger partial charge >= 0.3 is 0 Å². The Morgan fingerprint density at radius 3 is 1.18 bits per heavy atom. The van der Waals surface area contributed by atoms with Crippen LogP contribution in [0.4, 0.5) is 0 Å². The highest BCUT2D eigenvalue weighted by atomic mass is 15.0. The fourth-order valence-electron chi connectivity index (χ4n) is 10.1. The average molecular weight is 1120 g/mol. The van der Waals surface area contributed by atoms with Crippen LogP contribution in [0.2, 0.25) is 0 Å². The van der Waals surface area contributed by atoms with Crippen molar-refractivity contribution in [2.75, 3.05) is 0 Å². The van der Waals surface area contributed by atoms with E-state index in [1.165, 1.54) is 22.4 Å². The van der Waals surface area contributed by atoms with E-state index < -0.39 is 48.0 Å². The summed E-state index contributed by atoms with van der Waals surface area (Å²) >= 11 is 0. The van der Waals surface area contributed by atoms with Crippen LogP contribution in [0, 0.1) is 124 Å². The molecule has 0 unspecified atom stereocenters. The van der Waals surface area contributed by atoms with Crippen LogP contribution >= 0.6 is 0 Å². The zero-order valence-electron chi connectivity index (χ0n) is 72.3. The highest BCUT2D eigenvalue weighted by molar-refractivity contribution is 5.66. The normalized spacial score (nSPS) is 15.4. The molecule has 0 N–H and O–H groups in total. The van der Waals surface area contributed by atoms with E-state index in [9.17, 15) is 0 Å². The Hall–Kier alpha value is -8.15. The lowest BCUT2D eigenvalue weighted by atomic mass is 9.99. The quantitative estimate of drug-likeness (QED) is 0.153. The highest BCUT2D eigenvalue weighted by Crippen LogP contribution is 2.27. The first kappa shape index (κ1) is 40.1. The van der Waals surface area contributed by atoms with E-state index in [0.717, 1.165) is 84.1 Å². The number of rotatable bonds is 5. The van der Waals surface area contributed by atoms with Crippen LogP contribution in [0.25, 0.3) is 56.3 Å². The Morgan fingerprint density at radius 2 is 0.723 bits per heavy atom. The number of hydrogen-bond acceptors (Lipinski definition) is 0. The van der Waals surface area contributed by atoms with Crippen molar-refractivity contribution in [2.24, 2.45) is 35.2 Å². The van der Waals surface area contributed by atoms with Crippen LogP contribution in [-0.2, 0) is 35.2 Å². The maximum absolute atomic E-state index is 7.58. The van der Waals surface area contributed by atoms with Crippen molar-refractivity contribution < 1.29 is 51.6 Å². The summed E-state index contributed by atoms with van der Waals surface area (Å²) in [5, 5.41) is 0. The molecule has 0 aliphatic heterocycles. The van der Waals surface area contributed by atoms with Crippen molar-refractivity contribution >= 4 is 0 Å². The zero-order chi connectivity index (χ0) is 78.6. The molecule has 5 heterocycles. The number of benzene rings is 5. The van der Waals surface area contributed by atoms with Gasteiger partial charge in [-0.1, -0.05) is 88.5 Å².